The molecule has 0 fully saturated rings. The summed E-state index contributed by atoms with van der Waals surface area (Å²) in [6.45, 7) is 2.80. The molecule has 0 unspecified atom stereocenters. The van der Waals surface area contributed by atoms with Crippen LogP contribution in [0, 0.1) is 6.92 Å². The van der Waals surface area contributed by atoms with E-state index in [-0.39, 0.29) is 31.1 Å². The van der Waals surface area contributed by atoms with Gasteiger partial charge in [-0.1, -0.05) is 109 Å². The first-order valence-corrected chi connectivity index (χ1v) is 17.7. The number of benzene rings is 4. The molecule has 4 aromatic carbocycles. The lowest BCUT2D eigenvalue weighted by molar-refractivity contribution is -0.143. The highest BCUT2D eigenvalue weighted by Crippen LogP contribution is 2.48. The predicted molar refractivity (Wildman–Crippen MR) is 184 cm³/mol. The number of esters is 1. The Morgan fingerprint density at radius 3 is 1.66 bits per heavy atom. The van der Waals surface area contributed by atoms with Gasteiger partial charge in [0.1, 0.15) is 6.54 Å². The molecule has 0 spiro atoms. The predicted octanol–water partition coefficient (Wildman–Crippen LogP) is 4.51. The quantitative estimate of drug-likeness (QED) is 0.0825. The number of hydrogen-bond donors (Lipinski definition) is 2. The van der Waals surface area contributed by atoms with Crippen LogP contribution < -0.4 is 10.6 Å². The fourth-order valence-corrected chi connectivity index (χ4v) is 7.89. The fourth-order valence-electron chi connectivity index (χ4n) is 5.09. The molecule has 4 aromatic rings. The van der Waals surface area contributed by atoms with Gasteiger partial charge in [-0.05, 0) is 42.7 Å². The number of amides is 2. The van der Waals surface area contributed by atoms with Crippen LogP contribution in [0.3, 0.4) is 0 Å². The Hall–Kier alpha value is -4.45. The van der Waals surface area contributed by atoms with Gasteiger partial charge < -0.3 is 15.4 Å². The van der Waals surface area contributed by atoms with Crippen molar-refractivity contribution in [1.82, 2.24) is 14.9 Å². The zero-order valence-electron chi connectivity index (χ0n) is 26.4. The maximum Gasteiger partial charge on any atom is 0.321 e. The minimum absolute atomic E-state index is 0.00607. The maximum atomic E-state index is 13.3. The third-order valence-electron chi connectivity index (χ3n) is 7.37. The standard InChI is InChI=1S/C36H39N3O6S2/c1-3-45-33(40)27-39(47(43,44)32-21-19-28(2)20-22-32)25-23-37-34(41)35(42)38-24-26-46-36(29-13-7-4-8-14-29,30-15-9-5-10-16-30)31-17-11-6-12-18-31/h4-22H,3,23-27H2,1-2H3,(H,37,41)(H,38,42). The normalized spacial score (nSPS) is 11.6. The molecule has 0 atom stereocenters. The van der Waals surface area contributed by atoms with Crippen LogP contribution in [0.2, 0.25) is 0 Å². The summed E-state index contributed by atoms with van der Waals surface area (Å²) in [4.78, 5) is 37.6. The van der Waals surface area contributed by atoms with Gasteiger partial charge in [0.15, 0.2) is 0 Å². The summed E-state index contributed by atoms with van der Waals surface area (Å²) in [5, 5.41) is 5.15. The van der Waals surface area contributed by atoms with Crippen molar-refractivity contribution in [2.24, 2.45) is 0 Å². The molecule has 0 saturated carbocycles. The topological polar surface area (TPSA) is 122 Å². The first-order chi connectivity index (χ1) is 22.7. The highest BCUT2D eigenvalue weighted by atomic mass is 32.2. The van der Waals surface area contributed by atoms with Crippen molar-refractivity contribution in [3.05, 3.63) is 138 Å². The molecular formula is C36H39N3O6S2. The zero-order chi connectivity index (χ0) is 33.7. The molecule has 47 heavy (non-hydrogen) atoms. The average Bonchev–Trinajstić information content (AvgIpc) is 3.09. The number of aryl methyl sites for hydroxylation is 1. The molecule has 246 valence electrons. The van der Waals surface area contributed by atoms with E-state index in [0.717, 1.165) is 26.6 Å². The van der Waals surface area contributed by atoms with Crippen LogP contribution in [0.4, 0.5) is 0 Å². The van der Waals surface area contributed by atoms with Crippen molar-refractivity contribution >= 4 is 39.6 Å². The van der Waals surface area contributed by atoms with Gasteiger partial charge in [0, 0.05) is 25.4 Å². The van der Waals surface area contributed by atoms with Gasteiger partial charge in [0.25, 0.3) is 0 Å². The van der Waals surface area contributed by atoms with Crippen LogP contribution in [0.25, 0.3) is 0 Å². The minimum Gasteiger partial charge on any atom is -0.465 e. The molecular weight excluding hydrogens is 635 g/mol. The molecule has 0 aromatic heterocycles. The number of carbonyl (C=O) groups excluding carboxylic acids is 3. The number of rotatable bonds is 15. The Labute approximate surface area is 280 Å². The van der Waals surface area contributed by atoms with Gasteiger partial charge in [-0.15, -0.1) is 11.8 Å². The first-order valence-electron chi connectivity index (χ1n) is 15.3. The SMILES string of the molecule is CCOC(=O)CN(CCNC(=O)C(=O)NCCSC(c1ccccc1)(c1ccccc1)c1ccccc1)S(=O)(=O)c1ccc(C)cc1. The molecule has 2 amide bonds. The van der Waals surface area contributed by atoms with Gasteiger partial charge in [-0.3, -0.25) is 14.4 Å². The highest BCUT2D eigenvalue weighted by Gasteiger charge is 2.36. The second-order valence-corrected chi connectivity index (χ2v) is 13.8. The fraction of sp³-hybridized carbons (Fsp3) is 0.250. The number of ether oxygens (including phenoxy) is 1. The number of hydrogen-bond acceptors (Lipinski definition) is 7. The lowest BCUT2D eigenvalue weighted by Crippen LogP contribution is -2.45. The lowest BCUT2D eigenvalue weighted by atomic mass is 9.84. The summed E-state index contributed by atoms with van der Waals surface area (Å²) in [6, 6.07) is 36.7. The molecule has 0 saturated heterocycles. The monoisotopic (exact) mass is 673 g/mol. The van der Waals surface area contributed by atoms with Crippen LogP contribution in [0.5, 0.6) is 0 Å². The van der Waals surface area contributed by atoms with Crippen LogP contribution in [-0.4, -0.2) is 69.0 Å². The summed E-state index contributed by atoms with van der Waals surface area (Å²) in [5.74, 6) is -1.98. The molecule has 0 bridgehead atoms. The largest absolute Gasteiger partial charge is 0.465 e. The van der Waals surface area contributed by atoms with E-state index in [1.165, 1.54) is 12.1 Å². The van der Waals surface area contributed by atoms with E-state index in [0.29, 0.717) is 5.75 Å². The van der Waals surface area contributed by atoms with Crippen molar-refractivity contribution in [3.8, 4) is 0 Å². The average molecular weight is 674 g/mol. The van der Waals surface area contributed by atoms with Crippen LogP contribution >= 0.6 is 11.8 Å². The van der Waals surface area contributed by atoms with Crippen LogP contribution in [0.1, 0.15) is 29.2 Å². The Morgan fingerprint density at radius 1 is 0.723 bits per heavy atom. The number of carbonyl (C=O) groups is 3. The Kier molecular flexibility index (Phi) is 12.7. The second-order valence-electron chi connectivity index (χ2n) is 10.6. The van der Waals surface area contributed by atoms with Gasteiger partial charge in [-0.2, -0.15) is 4.31 Å². The molecule has 11 heteroatoms. The van der Waals surface area contributed by atoms with E-state index in [1.54, 1.807) is 30.8 Å². The first kappa shape index (κ1) is 35.4. The Bertz CT molecular complexity index is 1620. The van der Waals surface area contributed by atoms with E-state index in [4.69, 9.17) is 4.74 Å². The smallest absolute Gasteiger partial charge is 0.321 e. The van der Waals surface area contributed by atoms with Crippen LogP contribution in [0.15, 0.2) is 120 Å². The number of nitrogens with one attached hydrogen (secondary N) is 2. The minimum atomic E-state index is -4.07. The van der Waals surface area contributed by atoms with Crippen molar-refractivity contribution in [3.63, 3.8) is 0 Å². The van der Waals surface area contributed by atoms with Gasteiger partial charge in [0.05, 0.1) is 16.2 Å². The van der Waals surface area contributed by atoms with E-state index in [1.807, 2.05) is 61.5 Å². The van der Waals surface area contributed by atoms with Crippen molar-refractivity contribution in [1.29, 1.82) is 0 Å². The molecule has 4 rings (SSSR count). The van der Waals surface area contributed by atoms with Crippen molar-refractivity contribution in [2.45, 2.75) is 23.5 Å². The molecule has 2 N–H and O–H groups in total. The maximum absolute atomic E-state index is 13.3. The number of nitrogens with zero attached hydrogens (tertiary/aromatic N) is 1. The van der Waals surface area contributed by atoms with Gasteiger partial charge in [-0.25, -0.2) is 8.42 Å². The van der Waals surface area contributed by atoms with E-state index in [2.05, 4.69) is 47.0 Å². The van der Waals surface area contributed by atoms with E-state index < -0.39 is 39.1 Å². The summed E-state index contributed by atoms with van der Waals surface area (Å²) < 4.78 is 31.9. The number of sulfonamides is 1. The Balaban J connectivity index is 1.39. The molecule has 0 heterocycles. The summed E-state index contributed by atoms with van der Waals surface area (Å²) in [7, 11) is -4.07. The summed E-state index contributed by atoms with van der Waals surface area (Å²) in [5.41, 5.74) is 4.13. The molecule has 0 radical (unpaired) electrons. The lowest BCUT2D eigenvalue weighted by Gasteiger charge is -2.35. The van der Waals surface area contributed by atoms with Crippen molar-refractivity contribution in [2.75, 3.05) is 38.5 Å². The molecule has 0 aliphatic heterocycles. The third kappa shape index (κ3) is 9.09. The zero-order valence-corrected chi connectivity index (χ0v) is 28.1. The Morgan fingerprint density at radius 2 is 1.19 bits per heavy atom. The molecule has 9 nitrogen and oxygen atoms in total. The second kappa shape index (κ2) is 16.9. The molecule has 0 aliphatic rings. The third-order valence-corrected chi connectivity index (χ3v) is 10.8. The molecule has 0 aliphatic carbocycles. The highest BCUT2D eigenvalue weighted by molar-refractivity contribution is 8.00. The number of thioether (sulfide) groups is 1. The van der Waals surface area contributed by atoms with Gasteiger partial charge in [0.2, 0.25) is 10.0 Å². The van der Waals surface area contributed by atoms with Crippen molar-refractivity contribution < 1.29 is 27.5 Å². The summed E-state index contributed by atoms with van der Waals surface area (Å²) >= 11 is 1.65. The van der Waals surface area contributed by atoms with E-state index in [9.17, 15) is 22.8 Å². The van der Waals surface area contributed by atoms with E-state index >= 15 is 0 Å². The van der Waals surface area contributed by atoms with Gasteiger partial charge >= 0.3 is 17.8 Å². The van der Waals surface area contributed by atoms with Crippen LogP contribution in [-0.2, 0) is 33.9 Å². The summed E-state index contributed by atoms with van der Waals surface area (Å²) in [6.07, 6.45) is 0.